The third-order valence-corrected chi connectivity index (χ3v) is 2.83. The Hall–Kier alpha value is -1.87. The van der Waals surface area contributed by atoms with Gasteiger partial charge in [0.15, 0.2) is 0 Å². The summed E-state index contributed by atoms with van der Waals surface area (Å²) in [6.45, 7) is 1.81. The number of hydrogen-bond acceptors (Lipinski definition) is 5. The van der Waals surface area contributed by atoms with Crippen molar-refractivity contribution in [3.8, 4) is 11.8 Å². The van der Waals surface area contributed by atoms with Crippen molar-refractivity contribution in [3.05, 3.63) is 30.3 Å². The third-order valence-electron chi connectivity index (χ3n) is 1.91. The van der Waals surface area contributed by atoms with Crippen LogP contribution in [-0.4, -0.2) is 25.5 Å². The van der Waals surface area contributed by atoms with Crippen LogP contribution in [0.15, 0.2) is 35.5 Å². The number of tetrazole rings is 1. The maximum atomic E-state index is 8.75. The van der Waals surface area contributed by atoms with Crippen molar-refractivity contribution in [2.45, 2.75) is 17.3 Å². The lowest BCUT2D eigenvalue weighted by Crippen LogP contribution is -2.01. The molecule has 0 saturated heterocycles. The van der Waals surface area contributed by atoms with Crippen LogP contribution in [0.1, 0.15) is 6.92 Å². The number of nitriles is 1. The molecule has 1 aromatic carbocycles. The van der Waals surface area contributed by atoms with Gasteiger partial charge < -0.3 is 0 Å². The van der Waals surface area contributed by atoms with Crippen molar-refractivity contribution >= 4 is 11.8 Å². The van der Waals surface area contributed by atoms with E-state index < -0.39 is 0 Å². The Morgan fingerprint density at radius 2 is 2.12 bits per heavy atom. The molecule has 2 rings (SSSR count). The number of rotatable bonds is 3. The van der Waals surface area contributed by atoms with E-state index in [2.05, 4.69) is 21.6 Å². The highest BCUT2D eigenvalue weighted by molar-refractivity contribution is 8.00. The van der Waals surface area contributed by atoms with Crippen LogP contribution in [0.25, 0.3) is 5.69 Å². The van der Waals surface area contributed by atoms with Crippen LogP contribution in [0.4, 0.5) is 0 Å². The average Bonchev–Trinajstić information content (AvgIpc) is 2.78. The van der Waals surface area contributed by atoms with Crippen molar-refractivity contribution < 1.29 is 0 Å². The lowest BCUT2D eigenvalue weighted by atomic mass is 10.3. The summed E-state index contributed by atoms with van der Waals surface area (Å²) in [5, 5.41) is 20.6. The van der Waals surface area contributed by atoms with E-state index in [9.17, 15) is 0 Å². The molecular formula is C10H9N5S. The molecule has 0 aliphatic heterocycles. The quantitative estimate of drug-likeness (QED) is 0.751. The van der Waals surface area contributed by atoms with Crippen LogP contribution in [0.2, 0.25) is 0 Å². The largest absolute Gasteiger partial charge is 0.215 e. The first-order valence-electron chi connectivity index (χ1n) is 4.71. The summed E-state index contributed by atoms with van der Waals surface area (Å²) in [4.78, 5) is 0. The van der Waals surface area contributed by atoms with Crippen LogP contribution in [-0.2, 0) is 0 Å². The second kappa shape index (κ2) is 4.77. The second-order valence-corrected chi connectivity index (χ2v) is 4.41. The van der Waals surface area contributed by atoms with Gasteiger partial charge in [0.2, 0.25) is 5.16 Å². The van der Waals surface area contributed by atoms with Gasteiger partial charge in [0.1, 0.15) is 0 Å². The minimum atomic E-state index is -0.173. The SMILES string of the molecule is C[C@@H](C#N)Sc1nnnn1-c1ccccc1. The van der Waals surface area contributed by atoms with E-state index in [0.29, 0.717) is 5.16 Å². The fraction of sp³-hybridized carbons (Fsp3) is 0.200. The molecule has 1 atom stereocenters. The zero-order chi connectivity index (χ0) is 11.4. The molecule has 0 amide bonds. The molecule has 0 aliphatic carbocycles. The van der Waals surface area contributed by atoms with Gasteiger partial charge in [0.05, 0.1) is 17.0 Å². The van der Waals surface area contributed by atoms with Crippen molar-refractivity contribution in [2.24, 2.45) is 0 Å². The molecule has 2 aromatic rings. The van der Waals surface area contributed by atoms with Crippen LogP contribution in [0.3, 0.4) is 0 Å². The summed E-state index contributed by atoms with van der Waals surface area (Å²) < 4.78 is 1.62. The summed E-state index contributed by atoms with van der Waals surface area (Å²) in [5.41, 5.74) is 0.889. The molecule has 6 heteroatoms. The van der Waals surface area contributed by atoms with Crippen LogP contribution >= 0.6 is 11.8 Å². The summed E-state index contributed by atoms with van der Waals surface area (Å²) >= 11 is 1.34. The molecule has 0 radical (unpaired) electrons. The first-order chi connectivity index (χ1) is 7.81. The normalized spacial score (nSPS) is 12.0. The fourth-order valence-corrected chi connectivity index (χ4v) is 1.86. The van der Waals surface area contributed by atoms with Crippen LogP contribution in [0, 0.1) is 11.3 Å². The highest BCUT2D eigenvalue weighted by Crippen LogP contribution is 2.21. The third kappa shape index (κ3) is 2.20. The van der Waals surface area contributed by atoms with E-state index in [1.54, 1.807) is 4.68 Å². The molecule has 0 N–H and O–H groups in total. The van der Waals surface area contributed by atoms with Crippen molar-refractivity contribution in [2.75, 3.05) is 0 Å². The van der Waals surface area contributed by atoms with E-state index in [-0.39, 0.29) is 5.25 Å². The first-order valence-corrected chi connectivity index (χ1v) is 5.59. The van der Waals surface area contributed by atoms with Crippen LogP contribution < -0.4 is 0 Å². The zero-order valence-electron chi connectivity index (χ0n) is 8.61. The molecule has 80 valence electrons. The number of benzene rings is 1. The van der Waals surface area contributed by atoms with Gasteiger partial charge in [-0.3, -0.25) is 0 Å². The molecular weight excluding hydrogens is 222 g/mol. The van der Waals surface area contributed by atoms with E-state index in [4.69, 9.17) is 5.26 Å². The van der Waals surface area contributed by atoms with Gasteiger partial charge in [-0.25, -0.2) is 0 Å². The molecule has 0 saturated carbocycles. The highest BCUT2D eigenvalue weighted by atomic mass is 32.2. The van der Waals surface area contributed by atoms with E-state index in [0.717, 1.165) is 5.69 Å². The van der Waals surface area contributed by atoms with E-state index >= 15 is 0 Å². The summed E-state index contributed by atoms with van der Waals surface area (Å²) in [5.74, 6) is 0. The molecule has 1 heterocycles. The Bertz CT molecular complexity index is 501. The molecule has 16 heavy (non-hydrogen) atoms. The van der Waals surface area contributed by atoms with Gasteiger partial charge in [-0.2, -0.15) is 9.94 Å². The van der Waals surface area contributed by atoms with Gasteiger partial charge >= 0.3 is 0 Å². The van der Waals surface area contributed by atoms with Crippen molar-refractivity contribution in [1.29, 1.82) is 5.26 Å². The maximum Gasteiger partial charge on any atom is 0.215 e. The van der Waals surface area contributed by atoms with Gasteiger partial charge in [-0.05, 0) is 29.5 Å². The number of thioether (sulfide) groups is 1. The van der Waals surface area contributed by atoms with E-state index in [1.807, 2.05) is 37.3 Å². The van der Waals surface area contributed by atoms with Gasteiger partial charge in [0, 0.05) is 0 Å². The number of aromatic nitrogens is 4. The fourth-order valence-electron chi connectivity index (χ4n) is 1.17. The lowest BCUT2D eigenvalue weighted by molar-refractivity contribution is 0.756. The summed E-state index contributed by atoms with van der Waals surface area (Å²) in [6, 6.07) is 11.7. The van der Waals surface area contributed by atoms with E-state index in [1.165, 1.54) is 11.8 Å². The molecule has 0 spiro atoms. The summed E-state index contributed by atoms with van der Waals surface area (Å²) in [6.07, 6.45) is 0. The average molecular weight is 231 g/mol. The highest BCUT2D eigenvalue weighted by Gasteiger charge is 2.11. The Morgan fingerprint density at radius 3 is 2.81 bits per heavy atom. The number of para-hydroxylation sites is 1. The molecule has 0 fully saturated rings. The molecule has 1 aromatic heterocycles. The lowest BCUT2D eigenvalue weighted by Gasteiger charge is -2.03. The topological polar surface area (TPSA) is 67.4 Å². The predicted molar refractivity (Wildman–Crippen MR) is 60.1 cm³/mol. The van der Waals surface area contributed by atoms with Gasteiger partial charge in [-0.15, -0.1) is 5.10 Å². The second-order valence-electron chi connectivity index (χ2n) is 3.10. The molecule has 0 unspecified atom stereocenters. The Balaban J connectivity index is 2.30. The minimum absolute atomic E-state index is 0.173. The Labute approximate surface area is 97.1 Å². The van der Waals surface area contributed by atoms with Crippen molar-refractivity contribution in [1.82, 2.24) is 20.2 Å². The minimum Gasteiger partial charge on any atom is -0.197 e. The van der Waals surface area contributed by atoms with Crippen molar-refractivity contribution in [3.63, 3.8) is 0 Å². The predicted octanol–water partition coefficient (Wildman–Crippen LogP) is 1.67. The Kier molecular flexibility index (Phi) is 3.17. The zero-order valence-corrected chi connectivity index (χ0v) is 9.42. The maximum absolute atomic E-state index is 8.75. The first kappa shape index (κ1) is 10.6. The standard InChI is InChI=1S/C10H9N5S/c1-8(7-11)16-10-12-13-14-15(10)9-5-3-2-4-6-9/h2-6,8H,1H3/t8-/m0/s1. The number of nitrogens with zero attached hydrogens (tertiary/aromatic N) is 5. The molecule has 0 bridgehead atoms. The van der Waals surface area contributed by atoms with Gasteiger partial charge in [-0.1, -0.05) is 30.0 Å². The monoisotopic (exact) mass is 231 g/mol. The summed E-state index contributed by atoms with van der Waals surface area (Å²) in [7, 11) is 0. The molecule has 5 nitrogen and oxygen atoms in total. The number of hydrogen-bond donors (Lipinski definition) is 0. The Morgan fingerprint density at radius 1 is 1.38 bits per heavy atom. The molecule has 0 aliphatic rings. The van der Waals surface area contributed by atoms with Gasteiger partial charge in [0.25, 0.3) is 0 Å². The smallest absolute Gasteiger partial charge is 0.197 e. The van der Waals surface area contributed by atoms with Crippen LogP contribution in [0.5, 0.6) is 0 Å².